The van der Waals surface area contributed by atoms with E-state index < -0.39 is 23.8 Å². The number of nitrogens with two attached hydrogens (primary N) is 6. The van der Waals surface area contributed by atoms with E-state index in [1.165, 1.54) is 25.2 Å². The SMILES string of the molecule is CC(=O)O.CC(C)(C)c1ncc(N)c(N)n1.CC(C)(C)c1ncc(N)c(NC(=O)CN2CCCC(NC(=O)c3ncnc(N)c3Cl)C2)n1.CC(C)(C)c1ncc2[nH]c(CN3CCCC(NC(=O)c4ncnc(N)c4Cl)C3)cc2n1.Nc1ncnc(C(=O)NC2CCCN(CC(=O)O)C2)c1Cl. The van der Waals surface area contributed by atoms with E-state index in [-0.39, 0.29) is 109 Å². The maximum absolute atomic E-state index is 12.6. The van der Waals surface area contributed by atoms with Crippen molar-refractivity contribution in [1.29, 1.82) is 0 Å². The number of anilines is 7. The highest BCUT2D eigenvalue weighted by Crippen LogP contribution is 2.27. The van der Waals surface area contributed by atoms with Gasteiger partial charge in [-0.05, 0) is 64.2 Å². The molecular formula is C63H89Cl3N26O8. The predicted molar refractivity (Wildman–Crippen MR) is 381 cm³/mol. The number of H-pyrrole nitrogens is 1. The maximum atomic E-state index is 12.6. The molecule has 7 aromatic rings. The van der Waals surface area contributed by atoms with Crippen LogP contribution in [0, 0.1) is 0 Å². The second-order valence-electron chi connectivity index (χ2n) is 26.9. The highest BCUT2D eigenvalue weighted by Gasteiger charge is 2.30. The molecule has 0 bridgehead atoms. The third-order valence-electron chi connectivity index (χ3n) is 15.1. The van der Waals surface area contributed by atoms with Gasteiger partial charge in [-0.1, -0.05) is 97.1 Å². The molecule has 0 aliphatic carbocycles. The van der Waals surface area contributed by atoms with Crippen LogP contribution < -0.4 is 55.7 Å². The standard InChI is InChI=1S/C21H27ClN8O.C20H28ClN9O2.C12H16ClN5O3.C8H14N4.C2H4O2/c1-21(2,3)20-24-8-15-14(29-20)7-13(27-15)10-30-6-4-5-12(9-30)28-19(31)17-16(22)18(23)26-11-25-17;1-20(2,3)19-24-7-12(22)17(29-19)28-13(31)9-30-6-4-5-11(8-30)27-18(32)15-14(21)16(23)26-10-25-15;13-9-10(15-6-16-11(9)14)12(21)17-7-2-1-3-18(4-7)5-8(19)20;1-8(2,3)7-11-4-5(9)6(10)12-7;1-2(3)4/h7-8,11-12,27H,4-6,9-10H2,1-3H3,(H,28,31)(H2,23,25,26);7,10-11H,4-6,8-9,22H2,1-3H3,(H,27,32)(H2,23,25,26)(H,24,28,29,31);6-7H,1-5H2,(H,17,21)(H,19,20)(H2,14,15,16);4H,9H2,1-3H3,(H2,10,11,12);1H3,(H,3,4). The van der Waals surface area contributed by atoms with Crippen molar-refractivity contribution in [2.24, 2.45) is 0 Å². The Morgan fingerprint density at radius 2 is 0.900 bits per heavy atom. The van der Waals surface area contributed by atoms with E-state index in [1.807, 2.05) is 52.6 Å². The summed E-state index contributed by atoms with van der Waals surface area (Å²) in [5.41, 5.74) is 37.2. The number of carboxylic acid groups (broad SMARTS) is 2. The predicted octanol–water partition coefficient (Wildman–Crippen LogP) is 4.91. The molecule has 3 aliphatic rings. The molecule has 3 atom stereocenters. The number of hydrogen-bond acceptors (Lipinski definition) is 27. The van der Waals surface area contributed by atoms with Crippen molar-refractivity contribution in [3.05, 3.63) is 99.0 Å². The number of carbonyl (C=O) groups excluding carboxylic acids is 4. The average molecular weight is 1440 g/mol. The van der Waals surface area contributed by atoms with Gasteiger partial charge in [-0.25, -0.2) is 59.8 Å². The summed E-state index contributed by atoms with van der Waals surface area (Å²) >= 11 is 18.0. The zero-order valence-corrected chi connectivity index (χ0v) is 59.8. The fourth-order valence-corrected chi connectivity index (χ4v) is 10.7. The van der Waals surface area contributed by atoms with Crippen molar-refractivity contribution >= 4 is 122 Å². The van der Waals surface area contributed by atoms with Crippen LogP contribution in [0.15, 0.2) is 43.6 Å². The second-order valence-corrected chi connectivity index (χ2v) is 28.1. The minimum absolute atomic E-state index is 0.00479. The van der Waals surface area contributed by atoms with Crippen LogP contribution in [0.1, 0.15) is 162 Å². The van der Waals surface area contributed by atoms with Crippen molar-refractivity contribution in [1.82, 2.24) is 95.4 Å². The summed E-state index contributed by atoms with van der Waals surface area (Å²) in [6.45, 7) is 24.4. The van der Waals surface area contributed by atoms with Crippen LogP contribution in [-0.2, 0) is 37.2 Å². The molecule has 19 N–H and O–H groups in total. The lowest BCUT2D eigenvalue weighted by atomic mass is 9.96. The number of nitrogens with one attached hydrogen (secondary N) is 5. The number of hydrogen-bond donors (Lipinski definition) is 13. The van der Waals surface area contributed by atoms with Crippen LogP contribution in [0.2, 0.25) is 15.1 Å². The molecule has 3 unspecified atom stereocenters. The zero-order chi connectivity index (χ0) is 74.0. The van der Waals surface area contributed by atoms with Gasteiger partial charge in [0.05, 0.1) is 54.1 Å². The van der Waals surface area contributed by atoms with Crippen molar-refractivity contribution in [2.45, 2.75) is 149 Å². The molecule has 0 spiro atoms. The Balaban J connectivity index is 0.000000216. The molecular weight excluding hydrogens is 1360 g/mol. The third kappa shape index (κ3) is 24.1. The first kappa shape index (κ1) is 79.4. The molecule has 7 aromatic heterocycles. The Morgan fingerprint density at radius 3 is 1.32 bits per heavy atom. The first-order chi connectivity index (χ1) is 46.9. The number of piperidine rings is 3. The number of aromatic amines is 1. The summed E-state index contributed by atoms with van der Waals surface area (Å²) in [4.78, 5) is 128. The molecule has 4 amide bonds. The lowest BCUT2D eigenvalue weighted by Crippen LogP contribution is -2.49. The largest absolute Gasteiger partial charge is 0.481 e. The van der Waals surface area contributed by atoms with Crippen LogP contribution in [-0.4, -0.2) is 196 Å². The van der Waals surface area contributed by atoms with E-state index in [9.17, 15) is 24.0 Å². The number of likely N-dealkylation sites (tertiary alicyclic amines) is 3. The Morgan fingerprint density at radius 1 is 0.520 bits per heavy atom. The van der Waals surface area contributed by atoms with Gasteiger partial charge in [0.1, 0.15) is 74.8 Å². The number of carboxylic acids is 2. The van der Waals surface area contributed by atoms with Crippen LogP contribution >= 0.6 is 34.8 Å². The van der Waals surface area contributed by atoms with Crippen molar-refractivity contribution < 1.29 is 39.0 Å². The van der Waals surface area contributed by atoms with Crippen molar-refractivity contribution in [3.63, 3.8) is 0 Å². The van der Waals surface area contributed by atoms with Gasteiger partial charge >= 0.3 is 5.97 Å². The van der Waals surface area contributed by atoms with E-state index in [4.69, 9.17) is 89.2 Å². The number of amides is 4. The van der Waals surface area contributed by atoms with Crippen LogP contribution in [0.5, 0.6) is 0 Å². The molecule has 540 valence electrons. The zero-order valence-electron chi connectivity index (χ0n) is 57.5. The van der Waals surface area contributed by atoms with Gasteiger partial charge in [0.25, 0.3) is 23.7 Å². The van der Waals surface area contributed by atoms with Crippen molar-refractivity contribution in [2.75, 3.05) is 92.1 Å². The number of nitrogen functional groups attached to an aromatic ring is 6. The van der Waals surface area contributed by atoms with Gasteiger partial charge < -0.3 is 70.9 Å². The summed E-state index contributed by atoms with van der Waals surface area (Å²) in [5, 5.41) is 27.9. The smallest absolute Gasteiger partial charge is 0.317 e. The molecule has 3 aliphatic heterocycles. The number of fused-ring (bicyclic) bond motifs is 1. The Hall–Kier alpha value is -9.61. The summed E-state index contributed by atoms with van der Waals surface area (Å²) in [5.74, 6) is -0.160. The minimum Gasteiger partial charge on any atom is -0.481 e. The molecule has 3 saturated heterocycles. The molecule has 34 nitrogen and oxygen atoms in total. The van der Waals surface area contributed by atoms with Crippen LogP contribution in [0.25, 0.3) is 11.0 Å². The van der Waals surface area contributed by atoms with Crippen molar-refractivity contribution in [3.8, 4) is 0 Å². The highest BCUT2D eigenvalue weighted by molar-refractivity contribution is 6.36. The lowest BCUT2D eigenvalue weighted by Gasteiger charge is -2.32. The van der Waals surface area contributed by atoms with E-state index in [0.717, 1.165) is 94.2 Å². The summed E-state index contributed by atoms with van der Waals surface area (Å²) in [6.07, 6.45) is 13.6. The van der Waals surface area contributed by atoms with Gasteiger partial charge in [0.15, 0.2) is 22.9 Å². The maximum Gasteiger partial charge on any atom is 0.317 e. The summed E-state index contributed by atoms with van der Waals surface area (Å²) < 4.78 is 0. The lowest BCUT2D eigenvalue weighted by molar-refractivity contribution is -0.138. The van der Waals surface area contributed by atoms with Gasteiger partial charge in [-0.3, -0.25) is 43.5 Å². The monoisotopic (exact) mass is 1440 g/mol. The molecule has 37 heteroatoms. The topological polar surface area (TPSA) is 527 Å². The Labute approximate surface area is 593 Å². The number of rotatable bonds is 13. The number of halogens is 3. The van der Waals surface area contributed by atoms with Gasteiger partial charge in [-0.15, -0.1) is 0 Å². The molecule has 0 aromatic carbocycles. The van der Waals surface area contributed by atoms with Crippen LogP contribution in [0.4, 0.5) is 40.5 Å². The average Bonchev–Trinajstić information content (AvgIpc) is 1.62. The molecule has 3 fully saturated rings. The van der Waals surface area contributed by atoms with Gasteiger partial charge in [-0.2, -0.15) is 0 Å². The molecule has 0 radical (unpaired) electrons. The first-order valence-electron chi connectivity index (χ1n) is 31.8. The molecule has 10 heterocycles. The van der Waals surface area contributed by atoms with E-state index in [2.05, 4.69) is 113 Å². The first-order valence-corrected chi connectivity index (χ1v) is 32.9. The quantitative estimate of drug-likeness (QED) is 0.0729. The van der Waals surface area contributed by atoms with Gasteiger partial charge in [0, 0.05) is 73.2 Å². The molecule has 10 rings (SSSR count). The third-order valence-corrected chi connectivity index (χ3v) is 16.2. The summed E-state index contributed by atoms with van der Waals surface area (Å²) in [6, 6.07) is 1.79. The fourth-order valence-electron chi connectivity index (χ4n) is 10.2. The summed E-state index contributed by atoms with van der Waals surface area (Å²) in [7, 11) is 0. The van der Waals surface area contributed by atoms with E-state index in [0.29, 0.717) is 54.3 Å². The van der Waals surface area contributed by atoms with E-state index >= 15 is 0 Å². The van der Waals surface area contributed by atoms with Gasteiger partial charge in [0.2, 0.25) is 5.91 Å². The molecule has 100 heavy (non-hydrogen) atoms. The Bertz CT molecular complexity index is 4010. The van der Waals surface area contributed by atoms with E-state index in [1.54, 1.807) is 11.1 Å². The number of aromatic nitrogens is 13. The second kappa shape index (κ2) is 35.4. The Kier molecular flexibility index (Phi) is 28.1. The van der Waals surface area contributed by atoms with Crippen LogP contribution in [0.3, 0.4) is 0 Å². The minimum atomic E-state index is -0.881. The highest BCUT2D eigenvalue weighted by atomic mass is 35.5. The number of nitrogens with zero attached hydrogens (tertiary/aromatic N) is 15. The number of aliphatic carboxylic acids is 2. The fraction of sp³-hybridized carbons (Fsp3) is 0.492. The molecule has 0 saturated carbocycles. The number of carbonyl (C=O) groups is 6. The normalized spacial score (nSPS) is 16.6.